The number of hydrogen-bond acceptors (Lipinski definition) is 3. The third-order valence-electron chi connectivity index (χ3n) is 3.70. The van der Waals surface area contributed by atoms with Gasteiger partial charge in [0, 0.05) is 9.75 Å². The summed E-state index contributed by atoms with van der Waals surface area (Å²) in [6, 6.07) is 22.0. The fourth-order valence-corrected chi connectivity index (χ4v) is 3.36. The molecular formula is C20H19NO2S. The molecule has 0 saturated carbocycles. The number of benzene rings is 2. The predicted octanol–water partition coefficient (Wildman–Crippen LogP) is 4.28. The van der Waals surface area contributed by atoms with Gasteiger partial charge in [0.05, 0.1) is 20.1 Å². The average molecular weight is 337 g/mol. The standard InChI is InChI=1S/C20H19NO2S/c1-23-17-9-7-15(8-10-17)13-20(22)21-14-18-11-12-19(24-18)16-5-3-2-4-6-16/h2-12H,13-14H2,1H3,(H,21,22). The lowest BCUT2D eigenvalue weighted by atomic mass is 10.1. The SMILES string of the molecule is COc1ccc(CC(=O)NCc2ccc(-c3ccccc3)s2)cc1. The molecule has 24 heavy (non-hydrogen) atoms. The molecule has 0 saturated heterocycles. The van der Waals surface area contributed by atoms with Crippen molar-refractivity contribution in [2.75, 3.05) is 7.11 Å². The molecule has 0 aliphatic heterocycles. The molecule has 4 heteroatoms. The molecule has 0 unspecified atom stereocenters. The molecule has 0 fully saturated rings. The molecule has 0 aliphatic carbocycles. The molecule has 0 radical (unpaired) electrons. The maximum atomic E-state index is 12.1. The molecule has 2 aromatic carbocycles. The Balaban J connectivity index is 1.53. The number of thiophene rings is 1. The van der Waals surface area contributed by atoms with Crippen LogP contribution in [-0.2, 0) is 17.8 Å². The second-order valence-electron chi connectivity index (χ2n) is 5.43. The topological polar surface area (TPSA) is 38.3 Å². The first-order chi connectivity index (χ1) is 11.7. The maximum absolute atomic E-state index is 12.1. The highest BCUT2D eigenvalue weighted by atomic mass is 32.1. The van der Waals surface area contributed by atoms with E-state index in [4.69, 9.17) is 4.74 Å². The molecule has 3 nitrogen and oxygen atoms in total. The Kier molecular flexibility index (Phi) is 5.29. The van der Waals surface area contributed by atoms with Gasteiger partial charge >= 0.3 is 0 Å². The van der Waals surface area contributed by atoms with Gasteiger partial charge in [0.15, 0.2) is 0 Å². The van der Waals surface area contributed by atoms with E-state index in [1.807, 2.05) is 42.5 Å². The third kappa shape index (κ3) is 4.24. The molecule has 1 N–H and O–H groups in total. The van der Waals surface area contributed by atoms with Crippen molar-refractivity contribution in [3.05, 3.63) is 77.2 Å². The summed E-state index contributed by atoms with van der Waals surface area (Å²) < 4.78 is 5.12. The van der Waals surface area contributed by atoms with E-state index in [9.17, 15) is 4.79 Å². The first-order valence-electron chi connectivity index (χ1n) is 7.78. The lowest BCUT2D eigenvalue weighted by molar-refractivity contribution is -0.120. The van der Waals surface area contributed by atoms with Crippen LogP contribution < -0.4 is 10.1 Å². The van der Waals surface area contributed by atoms with Crippen LogP contribution >= 0.6 is 11.3 Å². The maximum Gasteiger partial charge on any atom is 0.224 e. The largest absolute Gasteiger partial charge is 0.497 e. The van der Waals surface area contributed by atoms with E-state index in [-0.39, 0.29) is 5.91 Å². The predicted molar refractivity (Wildman–Crippen MR) is 98.3 cm³/mol. The number of rotatable bonds is 6. The van der Waals surface area contributed by atoms with Gasteiger partial charge in [-0.15, -0.1) is 11.3 Å². The van der Waals surface area contributed by atoms with Crippen molar-refractivity contribution >= 4 is 17.2 Å². The average Bonchev–Trinajstić information content (AvgIpc) is 3.10. The van der Waals surface area contributed by atoms with Crippen LogP contribution in [0.1, 0.15) is 10.4 Å². The number of methoxy groups -OCH3 is 1. The Labute approximate surface area is 145 Å². The number of amides is 1. The first kappa shape index (κ1) is 16.3. The van der Waals surface area contributed by atoms with E-state index in [2.05, 4.69) is 29.6 Å². The van der Waals surface area contributed by atoms with Crippen molar-refractivity contribution < 1.29 is 9.53 Å². The molecule has 0 aliphatic rings. The van der Waals surface area contributed by atoms with E-state index in [1.165, 1.54) is 10.4 Å². The summed E-state index contributed by atoms with van der Waals surface area (Å²) in [5.74, 6) is 0.820. The summed E-state index contributed by atoms with van der Waals surface area (Å²) in [5.41, 5.74) is 2.18. The lowest BCUT2D eigenvalue weighted by Crippen LogP contribution is -2.24. The fourth-order valence-electron chi connectivity index (χ4n) is 2.41. The molecule has 1 aromatic heterocycles. The van der Waals surface area contributed by atoms with Crippen LogP contribution in [0, 0.1) is 0 Å². The van der Waals surface area contributed by atoms with Crippen molar-refractivity contribution in [1.29, 1.82) is 0 Å². The van der Waals surface area contributed by atoms with Gasteiger partial charge in [-0.3, -0.25) is 4.79 Å². The second-order valence-corrected chi connectivity index (χ2v) is 6.60. The Morgan fingerprint density at radius 2 is 1.75 bits per heavy atom. The van der Waals surface area contributed by atoms with Gasteiger partial charge in [0.2, 0.25) is 5.91 Å². The quantitative estimate of drug-likeness (QED) is 0.729. The normalized spacial score (nSPS) is 10.4. The summed E-state index contributed by atoms with van der Waals surface area (Å²) >= 11 is 1.71. The van der Waals surface area contributed by atoms with E-state index < -0.39 is 0 Å². The first-order valence-corrected chi connectivity index (χ1v) is 8.60. The highest BCUT2D eigenvalue weighted by molar-refractivity contribution is 7.15. The molecular weight excluding hydrogens is 318 g/mol. The van der Waals surface area contributed by atoms with Gasteiger partial charge in [0.25, 0.3) is 0 Å². The van der Waals surface area contributed by atoms with Crippen LogP contribution in [0.3, 0.4) is 0 Å². The van der Waals surface area contributed by atoms with Crippen LogP contribution in [0.5, 0.6) is 5.75 Å². The van der Waals surface area contributed by atoms with E-state index >= 15 is 0 Å². The Hall–Kier alpha value is -2.59. The highest BCUT2D eigenvalue weighted by Gasteiger charge is 2.06. The molecule has 3 aromatic rings. The van der Waals surface area contributed by atoms with Gasteiger partial charge in [-0.05, 0) is 35.4 Å². The minimum absolute atomic E-state index is 0.0230. The molecule has 122 valence electrons. The van der Waals surface area contributed by atoms with Gasteiger partial charge in [-0.25, -0.2) is 0 Å². The van der Waals surface area contributed by atoms with Crippen LogP contribution in [0.25, 0.3) is 10.4 Å². The minimum Gasteiger partial charge on any atom is -0.497 e. The van der Waals surface area contributed by atoms with Crippen molar-refractivity contribution in [1.82, 2.24) is 5.32 Å². The van der Waals surface area contributed by atoms with Gasteiger partial charge in [-0.2, -0.15) is 0 Å². The number of nitrogens with one attached hydrogen (secondary N) is 1. The Morgan fingerprint density at radius 1 is 1.00 bits per heavy atom. The van der Waals surface area contributed by atoms with Crippen LogP contribution in [-0.4, -0.2) is 13.0 Å². The van der Waals surface area contributed by atoms with E-state index in [0.29, 0.717) is 13.0 Å². The smallest absolute Gasteiger partial charge is 0.224 e. The van der Waals surface area contributed by atoms with Crippen molar-refractivity contribution in [2.45, 2.75) is 13.0 Å². The molecule has 0 bridgehead atoms. The number of carbonyl (C=O) groups is 1. The zero-order valence-corrected chi connectivity index (χ0v) is 14.3. The minimum atomic E-state index is 0.0230. The highest BCUT2D eigenvalue weighted by Crippen LogP contribution is 2.27. The zero-order valence-electron chi connectivity index (χ0n) is 13.5. The van der Waals surface area contributed by atoms with Crippen LogP contribution in [0.15, 0.2) is 66.7 Å². The Bertz CT molecular complexity index is 794. The Morgan fingerprint density at radius 3 is 2.46 bits per heavy atom. The second kappa shape index (κ2) is 7.79. The van der Waals surface area contributed by atoms with Crippen LogP contribution in [0.4, 0.5) is 0 Å². The summed E-state index contributed by atoms with van der Waals surface area (Å²) in [4.78, 5) is 14.4. The fraction of sp³-hybridized carbons (Fsp3) is 0.150. The lowest BCUT2D eigenvalue weighted by Gasteiger charge is -2.05. The summed E-state index contributed by atoms with van der Waals surface area (Å²) in [6.07, 6.45) is 0.376. The molecule has 0 spiro atoms. The monoisotopic (exact) mass is 337 g/mol. The van der Waals surface area contributed by atoms with Gasteiger partial charge in [0.1, 0.15) is 5.75 Å². The number of ether oxygens (including phenoxy) is 1. The molecule has 3 rings (SSSR count). The zero-order chi connectivity index (χ0) is 16.8. The van der Waals surface area contributed by atoms with E-state index in [1.54, 1.807) is 18.4 Å². The summed E-state index contributed by atoms with van der Waals surface area (Å²) in [7, 11) is 1.63. The van der Waals surface area contributed by atoms with Crippen LogP contribution in [0.2, 0.25) is 0 Å². The number of hydrogen-bond donors (Lipinski definition) is 1. The third-order valence-corrected chi connectivity index (χ3v) is 4.84. The molecule has 0 atom stereocenters. The van der Waals surface area contributed by atoms with Gasteiger partial charge in [-0.1, -0.05) is 42.5 Å². The number of carbonyl (C=O) groups excluding carboxylic acids is 1. The molecule has 1 amide bonds. The van der Waals surface area contributed by atoms with Gasteiger partial charge < -0.3 is 10.1 Å². The van der Waals surface area contributed by atoms with Crippen molar-refractivity contribution in [3.63, 3.8) is 0 Å². The van der Waals surface area contributed by atoms with Crippen molar-refractivity contribution in [3.8, 4) is 16.2 Å². The van der Waals surface area contributed by atoms with E-state index in [0.717, 1.165) is 16.2 Å². The van der Waals surface area contributed by atoms with Crippen molar-refractivity contribution in [2.24, 2.45) is 0 Å². The summed E-state index contributed by atoms with van der Waals surface area (Å²) in [5, 5.41) is 2.98. The molecule has 1 heterocycles. The summed E-state index contributed by atoms with van der Waals surface area (Å²) in [6.45, 7) is 0.562.